The molecule has 1 aromatic rings. The van der Waals surface area contributed by atoms with Crippen LogP contribution in [-0.2, 0) is 4.79 Å². The van der Waals surface area contributed by atoms with Gasteiger partial charge in [0.25, 0.3) is 0 Å². The summed E-state index contributed by atoms with van der Waals surface area (Å²) < 4.78 is 0. The molecule has 15 heavy (non-hydrogen) atoms. The maximum Gasteiger partial charge on any atom is 0.243 e. The summed E-state index contributed by atoms with van der Waals surface area (Å²) in [5, 5.41) is 4.85. The van der Waals surface area contributed by atoms with Crippen LogP contribution in [0.4, 0.5) is 0 Å². The van der Waals surface area contributed by atoms with E-state index < -0.39 is 0 Å². The highest BCUT2D eigenvalue weighted by Gasteiger charge is 2.15. The number of hydrogen-bond acceptors (Lipinski definition) is 3. The zero-order valence-corrected chi connectivity index (χ0v) is 9.88. The molecule has 3 nitrogen and oxygen atoms in total. The number of carbonyl (C=O) groups excluding carboxylic acids is 1. The fourth-order valence-electron chi connectivity index (χ4n) is 1.29. The standard InChI is InChI=1S/C11H16N2OS/c1-4-11(14)12-8-9(13(2)3)10-6-5-7-15-10/h4-7,9H,1,8H2,2-3H3,(H,12,14). The number of likely N-dealkylation sites (N-methyl/N-ethyl adjacent to an activating group) is 1. The van der Waals surface area contributed by atoms with Gasteiger partial charge in [0.15, 0.2) is 0 Å². The van der Waals surface area contributed by atoms with E-state index in [2.05, 4.69) is 22.9 Å². The Bertz CT molecular complexity index is 319. The second kappa shape index (κ2) is 5.68. The second-order valence-corrected chi connectivity index (χ2v) is 4.42. The Morgan fingerprint density at radius 1 is 1.73 bits per heavy atom. The SMILES string of the molecule is C=CC(=O)NCC(c1cccs1)N(C)C. The maximum atomic E-state index is 11.1. The Balaban J connectivity index is 2.60. The molecule has 1 aromatic heterocycles. The van der Waals surface area contributed by atoms with Gasteiger partial charge in [0.1, 0.15) is 0 Å². The number of carbonyl (C=O) groups is 1. The van der Waals surface area contributed by atoms with E-state index in [1.807, 2.05) is 25.5 Å². The summed E-state index contributed by atoms with van der Waals surface area (Å²) in [5.74, 6) is -0.126. The molecule has 0 aliphatic heterocycles. The molecule has 0 spiro atoms. The molecule has 0 aromatic carbocycles. The zero-order valence-electron chi connectivity index (χ0n) is 9.06. The molecule has 1 unspecified atom stereocenters. The van der Waals surface area contributed by atoms with Gasteiger partial charge in [-0.25, -0.2) is 0 Å². The lowest BCUT2D eigenvalue weighted by atomic mass is 10.2. The van der Waals surface area contributed by atoms with Crippen molar-refractivity contribution in [1.29, 1.82) is 0 Å². The largest absolute Gasteiger partial charge is 0.351 e. The zero-order chi connectivity index (χ0) is 11.3. The molecule has 1 heterocycles. The van der Waals surface area contributed by atoms with Gasteiger partial charge in [-0.05, 0) is 31.6 Å². The van der Waals surface area contributed by atoms with E-state index in [0.29, 0.717) is 6.54 Å². The third kappa shape index (κ3) is 3.49. The van der Waals surface area contributed by atoms with Crippen LogP contribution >= 0.6 is 11.3 Å². The summed E-state index contributed by atoms with van der Waals surface area (Å²) in [6.07, 6.45) is 1.29. The van der Waals surface area contributed by atoms with Crippen LogP contribution in [0.25, 0.3) is 0 Å². The number of nitrogens with zero attached hydrogens (tertiary/aromatic N) is 1. The second-order valence-electron chi connectivity index (χ2n) is 3.44. The van der Waals surface area contributed by atoms with Gasteiger partial charge in [0.2, 0.25) is 5.91 Å². The highest BCUT2D eigenvalue weighted by Crippen LogP contribution is 2.22. The Morgan fingerprint density at radius 3 is 2.93 bits per heavy atom. The molecule has 1 atom stereocenters. The fraction of sp³-hybridized carbons (Fsp3) is 0.364. The third-order valence-electron chi connectivity index (χ3n) is 2.15. The van der Waals surface area contributed by atoms with Gasteiger partial charge < -0.3 is 10.2 Å². The van der Waals surface area contributed by atoms with Crippen molar-refractivity contribution in [2.45, 2.75) is 6.04 Å². The van der Waals surface area contributed by atoms with Gasteiger partial charge in [0, 0.05) is 11.4 Å². The molecule has 4 heteroatoms. The van der Waals surface area contributed by atoms with Crippen molar-refractivity contribution >= 4 is 17.2 Å². The van der Waals surface area contributed by atoms with Crippen molar-refractivity contribution in [1.82, 2.24) is 10.2 Å². The Labute approximate surface area is 94.4 Å². The Hall–Kier alpha value is -1.13. The summed E-state index contributed by atoms with van der Waals surface area (Å²) in [7, 11) is 4.01. The molecule has 1 N–H and O–H groups in total. The van der Waals surface area contributed by atoms with Crippen molar-refractivity contribution in [3.8, 4) is 0 Å². The molecule has 1 amide bonds. The lowest BCUT2D eigenvalue weighted by Gasteiger charge is -2.23. The van der Waals surface area contributed by atoms with E-state index in [0.717, 1.165) is 0 Å². The van der Waals surface area contributed by atoms with Crippen molar-refractivity contribution in [2.24, 2.45) is 0 Å². The number of rotatable bonds is 5. The third-order valence-corrected chi connectivity index (χ3v) is 3.12. The molecule has 0 saturated carbocycles. The van der Waals surface area contributed by atoms with Gasteiger partial charge in [-0.3, -0.25) is 4.79 Å². The molecular formula is C11H16N2OS. The molecule has 0 saturated heterocycles. The van der Waals surface area contributed by atoms with Crippen molar-refractivity contribution in [2.75, 3.05) is 20.6 Å². The monoisotopic (exact) mass is 224 g/mol. The highest BCUT2D eigenvalue weighted by molar-refractivity contribution is 7.10. The first-order valence-corrected chi connectivity index (χ1v) is 5.63. The molecule has 0 fully saturated rings. The van der Waals surface area contributed by atoms with E-state index in [1.165, 1.54) is 11.0 Å². The lowest BCUT2D eigenvalue weighted by molar-refractivity contribution is -0.116. The number of thiophene rings is 1. The summed E-state index contributed by atoms with van der Waals surface area (Å²) in [6, 6.07) is 4.33. The molecule has 82 valence electrons. The first kappa shape index (κ1) is 11.9. The van der Waals surface area contributed by atoms with E-state index in [-0.39, 0.29) is 11.9 Å². The molecule has 0 aliphatic rings. The van der Waals surface area contributed by atoms with Crippen molar-refractivity contribution in [3.05, 3.63) is 35.0 Å². The van der Waals surface area contributed by atoms with Gasteiger partial charge >= 0.3 is 0 Å². The molecule has 1 rings (SSSR count). The highest BCUT2D eigenvalue weighted by atomic mass is 32.1. The van der Waals surface area contributed by atoms with Gasteiger partial charge in [-0.1, -0.05) is 12.6 Å². The summed E-state index contributed by atoms with van der Waals surface area (Å²) >= 11 is 1.70. The number of hydrogen-bond donors (Lipinski definition) is 1. The van der Waals surface area contributed by atoms with Crippen LogP contribution in [-0.4, -0.2) is 31.4 Å². The molecule has 0 bridgehead atoms. The van der Waals surface area contributed by atoms with Gasteiger partial charge in [-0.15, -0.1) is 11.3 Å². The van der Waals surface area contributed by atoms with Gasteiger partial charge in [-0.2, -0.15) is 0 Å². The Morgan fingerprint density at radius 2 is 2.47 bits per heavy atom. The number of amides is 1. The van der Waals surface area contributed by atoms with Crippen LogP contribution in [0.1, 0.15) is 10.9 Å². The maximum absolute atomic E-state index is 11.1. The lowest BCUT2D eigenvalue weighted by Crippen LogP contribution is -2.33. The summed E-state index contributed by atoms with van der Waals surface area (Å²) in [4.78, 5) is 14.4. The van der Waals surface area contributed by atoms with E-state index in [9.17, 15) is 4.79 Å². The minimum absolute atomic E-state index is 0.126. The van der Waals surface area contributed by atoms with E-state index in [1.54, 1.807) is 11.3 Å². The van der Waals surface area contributed by atoms with Crippen LogP contribution in [0.2, 0.25) is 0 Å². The first-order chi connectivity index (χ1) is 7.15. The molecular weight excluding hydrogens is 208 g/mol. The predicted molar refractivity (Wildman–Crippen MR) is 64.0 cm³/mol. The normalized spacial score (nSPS) is 12.5. The van der Waals surface area contributed by atoms with Gasteiger partial charge in [0.05, 0.1) is 6.04 Å². The fourth-order valence-corrected chi connectivity index (χ4v) is 2.21. The minimum atomic E-state index is -0.126. The van der Waals surface area contributed by atoms with Crippen LogP contribution in [0.15, 0.2) is 30.2 Å². The Kier molecular flexibility index (Phi) is 4.52. The van der Waals surface area contributed by atoms with Crippen LogP contribution in [0, 0.1) is 0 Å². The quantitative estimate of drug-likeness (QED) is 0.771. The minimum Gasteiger partial charge on any atom is -0.351 e. The smallest absolute Gasteiger partial charge is 0.243 e. The summed E-state index contributed by atoms with van der Waals surface area (Å²) in [5.41, 5.74) is 0. The van der Waals surface area contributed by atoms with E-state index >= 15 is 0 Å². The molecule has 0 radical (unpaired) electrons. The predicted octanol–water partition coefficient (Wildman–Crippen LogP) is 1.65. The van der Waals surface area contributed by atoms with E-state index in [4.69, 9.17) is 0 Å². The van der Waals surface area contributed by atoms with Crippen molar-refractivity contribution in [3.63, 3.8) is 0 Å². The first-order valence-electron chi connectivity index (χ1n) is 4.75. The number of nitrogens with one attached hydrogen (secondary N) is 1. The van der Waals surface area contributed by atoms with Crippen LogP contribution < -0.4 is 5.32 Å². The molecule has 0 aliphatic carbocycles. The van der Waals surface area contributed by atoms with Crippen molar-refractivity contribution < 1.29 is 4.79 Å². The van der Waals surface area contributed by atoms with Crippen LogP contribution in [0.5, 0.6) is 0 Å². The topological polar surface area (TPSA) is 32.3 Å². The average Bonchev–Trinajstić information content (AvgIpc) is 2.70. The summed E-state index contributed by atoms with van der Waals surface area (Å²) in [6.45, 7) is 4.03. The average molecular weight is 224 g/mol. The van der Waals surface area contributed by atoms with Crippen LogP contribution in [0.3, 0.4) is 0 Å².